The van der Waals surface area contributed by atoms with Gasteiger partial charge in [0.2, 0.25) is 5.91 Å². The average molecular weight is 367 g/mol. The molecule has 0 saturated carbocycles. The lowest BCUT2D eigenvalue weighted by Gasteiger charge is -2.18. The van der Waals surface area contributed by atoms with E-state index in [4.69, 9.17) is 16.3 Å². The Morgan fingerprint density at radius 3 is 2.60 bits per heavy atom. The zero-order valence-electron chi connectivity index (χ0n) is 14.9. The Morgan fingerprint density at radius 2 is 1.96 bits per heavy atom. The molecule has 1 aromatic carbocycles. The molecule has 1 heterocycles. The van der Waals surface area contributed by atoms with E-state index >= 15 is 0 Å². The number of nitrogens with one attached hydrogen (secondary N) is 2. The first kappa shape index (κ1) is 19.4. The topological polar surface area (TPSA) is 66.0 Å². The van der Waals surface area contributed by atoms with Crippen molar-refractivity contribution in [3.05, 3.63) is 29.3 Å². The molecule has 138 valence electrons. The highest BCUT2D eigenvalue weighted by Crippen LogP contribution is 2.16. The maximum absolute atomic E-state index is 12.1. The summed E-state index contributed by atoms with van der Waals surface area (Å²) in [5.41, 5.74) is 0. The van der Waals surface area contributed by atoms with Crippen LogP contribution in [0.3, 0.4) is 0 Å². The van der Waals surface area contributed by atoms with Crippen molar-refractivity contribution in [1.82, 2.24) is 15.5 Å². The van der Waals surface area contributed by atoms with Gasteiger partial charge in [-0.25, -0.2) is 4.99 Å². The first-order chi connectivity index (χ1) is 12.1. The van der Waals surface area contributed by atoms with Crippen molar-refractivity contribution >= 4 is 23.5 Å². The lowest BCUT2D eigenvalue weighted by molar-refractivity contribution is -0.128. The van der Waals surface area contributed by atoms with E-state index in [1.165, 1.54) is 0 Å². The Bertz CT molecular complexity index is 571. The van der Waals surface area contributed by atoms with Crippen LogP contribution in [0.1, 0.15) is 26.7 Å². The molecule has 1 atom stereocenters. The maximum Gasteiger partial charge on any atom is 0.244 e. The molecule has 1 amide bonds. The number of rotatable bonds is 7. The van der Waals surface area contributed by atoms with Crippen molar-refractivity contribution < 1.29 is 9.53 Å². The minimum absolute atomic E-state index is 0.0562. The quantitative estimate of drug-likeness (QED) is 0.574. The van der Waals surface area contributed by atoms with Crippen LogP contribution in [0, 0.1) is 0 Å². The van der Waals surface area contributed by atoms with E-state index in [0.29, 0.717) is 17.5 Å². The Balaban J connectivity index is 1.79. The molecule has 2 rings (SSSR count). The van der Waals surface area contributed by atoms with Gasteiger partial charge in [-0.15, -0.1) is 0 Å². The standard InChI is InChI=1S/C18H27ClN4O2/c1-3-20-18(22-13-17(24)23-10-4-5-11-23)21-12-14(2)25-16-8-6-15(19)7-9-16/h6-9,14H,3-5,10-13H2,1-2H3,(H2,20,21,22). The smallest absolute Gasteiger partial charge is 0.244 e. The molecular weight excluding hydrogens is 340 g/mol. The highest BCUT2D eigenvalue weighted by molar-refractivity contribution is 6.30. The minimum atomic E-state index is -0.0562. The van der Waals surface area contributed by atoms with E-state index in [1.807, 2.05) is 30.9 Å². The summed E-state index contributed by atoms with van der Waals surface area (Å²) >= 11 is 5.87. The molecule has 0 aliphatic carbocycles. The molecule has 0 aromatic heterocycles. The number of likely N-dealkylation sites (tertiary alicyclic amines) is 1. The van der Waals surface area contributed by atoms with Crippen molar-refractivity contribution in [1.29, 1.82) is 0 Å². The normalized spacial score (nSPS) is 15.8. The Labute approximate surface area is 154 Å². The van der Waals surface area contributed by atoms with E-state index in [9.17, 15) is 4.79 Å². The number of nitrogens with zero attached hydrogens (tertiary/aromatic N) is 2. The van der Waals surface area contributed by atoms with Crippen LogP contribution in [0.5, 0.6) is 5.75 Å². The van der Waals surface area contributed by atoms with Gasteiger partial charge in [0.1, 0.15) is 18.4 Å². The van der Waals surface area contributed by atoms with Crippen LogP contribution in [-0.4, -0.2) is 55.6 Å². The summed E-state index contributed by atoms with van der Waals surface area (Å²) in [7, 11) is 0. The number of amides is 1. The molecule has 2 N–H and O–H groups in total. The summed E-state index contributed by atoms with van der Waals surface area (Å²) in [6, 6.07) is 7.28. The molecule has 1 saturated heterocycles. The zero-order valence-corrected chi connectivity index (χ0v) is 15.7. The molecule has 1 fully saturated rings. The molecule has 1 aliphatic heterocycles. The summed E-state index contributed by atoms with van der Waals surface area (Å²) in [6.45, 7) is 7.15. The number of hydrogen-bond donors (Lipinski definition) is 2. The van der Waals surface area contributed by atoms with Gasteiger partial charge >= 0.3 is 0 Å². The molecule has 1 unspecified atom stereocenters. The fraction of sp³-hybridized carbons (Fsp3) is 0.556. The molecule has 0 spiro atoms. The van der Waals surface area contributed by atoms with E-state index in [-0.39, 0.29) is 18.6 Å². The van der Waals surface area contributed by atoms with E-state index in [2.05, 4.69) is 15.6 Å². The number of carbonyl (C=O) groups excluding carboxylic acids is 1. The number of ether oxygens (including phenoxy) is 1. The molecule has 7 heteroatoms. The minimum Gasteiger partial charge on any atom is -0.489 e. The number of carbonyl (C=O) groups is 1. The number of benzene rings is 1. The van der Waals surface area contributed by atoms with Crippen LogP contribution in [0.4, 0.5) is 0 Å². The Morgan fingerprint density at radius 1 is 1.28 bits per heavy atom. The highest BCUT2D eigenvalue weighted by Gasteiger charge is 2.17. The van der Waals surface area contributed by atoms with Crippen molar-refractivity contribution in [3.8, 4) is 5.75 Å². The molecule has 1 aromatic rings. The van der Waals surface area contributed by atoms with Gasteiger partial charge in [0.05, 0.1) is 6.54 Å². The third kappa shape index (κ3) is 6.82. The summed E-state index contributed by atoms with van der Waals surface area (Å²) in [5.74, 6) is 1.48. The highest BCUT2D eigenvalue weighted by atomic mass is 35.5. The SMILES string of the molecule is CCNC(=NCC(=O)N1CCCC1)NCC(C)Oc1ccc(Cl)cc1. The van der Waals surface area contributed by atoms with Crippen molar-refractivity contribution in [2.45, 2.75) is 32.8 Å². The second-order valence-electron chi connectivity index (χ2n) is 6.05. The molecule has 0 bridgehead atoms. The van der Waals surface area contributed by atoms with Crippen LogP contribution in [0.15, 0.2) is 29.3 Å². The summed E-state index contributed by atoms with van der Waals surface area (Å²) < 4.78 is 5.83. The number of halogens is 1. The summed E-state index contributed by atoms with van der Waals surface area (Å²) in [4.78, 5) is 18.3. The van der Waals surface area contributed by atoms with Crippen LogP contribution in [-0.2, 0) is 4.79 Å². The van der Waals surface area contributed by atoms with E-state index < -0.39 is 0 Å². The van der Waals surface area contributed by atoms with Crippen molar-refractivity contribution in [2.24, 2.45) is 4.99 Å². The Kier molecular flexibility index (Phi) is 7.85. The number of aliphatic imine (C=N–C) groups is 1. The van der Waals surface area contributed by atoms with Gasteiger partial charge in [0, 0.05) is 24.7 Å². The number of guanidine groups is 1. The van der Waals surface area contributed by atoms with Gasteiger partial charge in [-0.3, -0.25) is 4.79 Å². The molecule has 6 nitrogen and oxygen atoms in total. The third-order valence-electron chi connectivity index (χ3n) is 3.88. The molecule has 0 radical (unpaired) electrons. The van der Waals surface area contributed by atoms with Gasteiger partial charge < -0.3 is 20.3 Å². The van der Waals surface area contributed by atoms with Gasteiger partial charge in [0.25, 0.3) is 0 Å². The first-order valence-corrected chi connectivity index (χ1v) is 9.18. The van der Waals surface area contributed by atoms with E-state index in [1.54, 1.807) is 12.1 Å². The lowest BCUT2D eigenvalue weighted by Crippen LogP contribution is -2.42. The summed E-state index contributed by atoms with van der Waals surface area (Å²) in [5, 5.41) is 7.05. The van der Waals surface area contributed by atoms with Crippen LogP contribution in [0.2, 0.25) is 5.02 Å². The second-order valence-corrected chi connectivity index (χ2v) is 6.48. The molecule has 1 aliphatic rings. The average Bonchev–Trinajstić information content (AvgIpc) is 3.14. The van der Waals surface area contributed by atoms with Crippen LogP contribution < -0.4 is 15.4 Å². The Hall–Kier alpha value is -1.95. The summed E-state index contributed by atoms with van der Waals surface area (Å²) in [6.07, 6.45) is 2.13. The van der Waals surface area contributed by atoms with Crippen LogP contribution in [0.25, 0.3) is 0 Å². The predicted octanol–water partition coefficient (Wildman–Crippen LogP) is 2.28. The van der Waals surface area contributed by atoms with Crippen molar-refractivity contribution in [3.63, 3.8) is 0 Å². The molecule has 25 heavy (non-hydrogen) atoms. The van der Waals surface area contributed by atoms with Gasteiger partial charge in [-0.2, -0.15) is 0 Å². The third-order valence-corrected chi connectivity index (χ3v) is 4.14. The van der Waals surface area contributed by atoms with Gasteiger partial charge in [-0.05, 0) is 51.0 Å². The maximum atomic E-state index is 12.1. The largest absolute Gasteiger partial charge is 0.489 e. The van der Waals surface area contributed by atoms with Crippen molar-refractivity contribution in [2.75, 3.05) is 32.7 Å². The monoisotopic (exact) mass is 366 g/mol. The first-order valence-electron chi connectivity index (χ1n) is 8.80. The predicted molar refractivity (Wildman–Crippen MR) is 101 cm³/mol. The number of hydrogen-bond acceptors (Lipinski definition) is 3. The van der Waals surface area contributed by atoms with Gasteiger partial charge in [-0.1, -0.05) is 11.6 Å². The van der Waals surface area contributed by atoms with E-state index in [0.717, 1.165) is 38.2 Å². The second kappa shape index (κ2) is 10.1. The van der Waals surface area contributed by atoms with Crippen LogP contribution >= 0.6 is 11.6 Å². The molecular formula is C18H27ClN4O2. The van der Waals surface area contributed by atoms with Gasteiger partial charge in [0.15, 0.2) is 5.96 Å². The lowest BCUT2D eigenvalue weighted by atomic mass is 10.3. The fourth-order valence-corrected chi connectivity index (χ4v) is 2.71. The fourth-order valence-electron chi connectivity index (χ4n) is 2.58. The zero-order chi connectivity index (χ0) is 18.1.